The van der Waals surface area contributed by atoms with Crippen molar-refractivity contribution in [1.29, 1.82) is 0 Å². The number of carbonyl (C=O) groups is 2. The minimum absolute atomic E-state index is 0.0886. The van der Waals surface area contributed by atoms with E-state index in [9.17, 15) is 9.59 Å². The second-order valence-electron chi connectivity index (χ2n) is 13.6. The van der Waals surface area contributed by atoms with Gasteiger partial charge in [0.15, 0.2) is 11.6 Å². The van der Waals surface area contributed by atoms with E-state index in [4.69, 9.17) is 11.5 Å². The lowest BCUT2D eigenvalue weighted by Crippen LogP contribution is -2.09. The number of anilines is 2. The van der Waals surface area contributed by atoms with Crippen LogP contribution in [0.1, 0.15) is 94.2 Å². The van der Waals surface area contributed by atoms with Crippen LogP contribution in [-0.4, -0.2) is 11.6 Å². The predicted octanol–water partition coefficient (Wildman–Crippen LogP) is 9.63. The normalized spacial score (nSPS) is 14.5. The van der Waals surface area contributed by atoms with Gasteiger partial charge in [0.2, 0.25) is 0 Å². The molecule has 0 atom stereocenters. The maximum atomic E-state index is 13.2. The van der Waals surface area contributed by atoms with E-state index in [2.05, 4.69) is 72.8 Å². The summed E-state index contributed by atoms with van der Waals surface area (Å²) in [5.74, 6) is 0.182. The van der Waals surface area contributed by atoms with Crippen molar-refractivity contribution in [3.8, 4) is 22.3 Å². The van der Waals surface area contributed by atoms with Gasteiger partial charge >= 0.3 is 0 Å². The third kappa shape index (κ3) is 5.08. The zero-order chi connectivity index (χ0) is 33.2. The van der Waals surface area contributed by atoms with Crippen LogP contribution < -0.4 is 11.5 Å². The van der Waals surface area contributed by atoms with Gasteiger partial charge in [-0.1, -0.05) is 72.8 Å². The zero-order valence-corrected chi connectivity index (χ0v) is 28.9. The molecule has 0 spiro atoms. The second-order valence-corrected chi connectivity index (χ2v) is 15.9. The van der Waals surface area contributed by atoms with E-state index in [1.807, 2.05) is 12.1 Å². The first-order chi connectivity index (χ1) is 23.9. The highest BCUT2D eigenvalue weighted by Crippen LogP contribution is 2.42. The Kier molecular flexibility index (Phi) is 7.40. The summed E-state index contributed by atoms with van der Waals surface area (Å²) in [7, 11) is 0. The van der Waals surface area contributed by atoms with Crippen LogP contribution in [0.2, 0.25) is 0 Å². The first kappa shape index (κ1) is 30.3. The van der Waals surface area contributed by atoms with E-state index in [-0.39, 0.29) is 11.6 Å². The summed E-state index contributed by atoms with van der Waals surface area (Å²) in [4.78, 5) is 28.9. The van der Waals surface area contributed by atoms with Crippen molar-refractivity contribution in [2.75, 3.05) is 11.5 Å². The fourth-order valence-electron chi connectivity index (χ4n) is 8.37. The molecule has 0 aliphatic heterocycles. The Labute approximate surface area is 294 Å². The van der Waals surface area contributed by atoms with Gasteiger partial charge in [0.25, 0.3) is 0 Å². The van der Waals surface area contributed by atoms with Crippen LogP contribution in [0.15, 0.2) is 84.9 Å². The highest BCUT2D eigenvalue weighted by molar-refractivity contribution is 7.17. The van der Waals surface area contributed by atoms with E-state index in [1.54, 1.807) is 22.7 Å². The van der Waals surface area contributed by atoms with Gasteiger partial charge in [-0.2, -0.15) is 0 Å². The first-order valence-corrected chi connectivity index (χ1v) is 18.9. The average molecular weight is 677 g/mol. The second kappa shape index (κ2) is 12.0. The number of nitrogen functional groups attached to an aromatic ring is 2. The predicted molar refractivity (Wildman–Crippen MR) is 202 cm³/mol. The lowest BCUT2D eigenvalue weighted by atomic mass is 9.91. The van der Waals surface area contributed by atoms with Gasteiger partial charge in [-0.3, -0.25) is 9.59 Å². The topological polar surface area (TPSA) is 86.2 Å². The van der Waals surface area contributed by atoms with Crippen LogP contribution in [0, 0.1) is 0 Å². The summed E-state index contributed by atoms with van der Waals surface area (Å²) in [5.41, 5.74) is 28.2. The zero-order valence-electron chi connectivity index (χ0n) is 27.2. The molecule has 4 aliphatic rings. The molecule has 242 valence electrons. The third-order valence-corrected chi connectivity index (χ3v) is 13.0. The molecule has 0 saturated heterocycles. The van der Waals surface area contributed by atoms with E-state index in [1.165, 1.54) is 71.8 Å². The van der Waals surface area contributed by atoms with Crippen molar-refractivity contribution in [3.05, 3.63) is 150 Å². The molecule has 6 aromatic rings. The number of carbonyl (C=O) groups excluding carboxylic acids is 2. The Balaban J connectivity index is 0.000000133. The Morgan fingerprint density at radius 1 is 0.490 bits per heavy atom. The van der Waals surface area contributed by atoms with Gasteiger partial charge in [-0.25, -0.2) is 0 Å². The number of hydrogen-bond acceptors (Lipinski definition) is 6. The summed E-state index contributed by atoms with van der Waals surface area (Å²) < 4.78 is 0. The van der Waals surface area contributed by atoms with Gasteiger partial charge in [0, 0.05) is 20.9 Å². The summed E-state index contributed by atoms with van der Waals surface area (Å²) in [6.45, 7) is 0. The Hall–Kier alpha value is -4.78. The van der Waals surface area contributed by atoms with Gasteiger partial charge in [0.05, 0.1) is 21.1 Å². The molecule has 4 nitrogen and oxygen atoms in total. The SMILES string of the molecule is Nc1sc2c(c1C(=O)c1ccc3c(c1)Cc1ccccc1-3)CCC2.Nc1sc2c(c1C(=O)c1ccc3c(c1)Cc1ccccc1-3)CCCC2. The van der Waals surface area contributed by atoms with Gasteiger partial charge in [0.1, 0.15) is 0 Å². The minimum atomic E-state index is 0.0886. The summed E-state index contributed by atoms with van der Waals surface area (Å²) >= 11 is 3.21. The molecule has 0 fully saturated rings. The number of hydrogen-bond donors (Lipinski definition) is 2. The summed E-state index contributed by atoms with van der Waals surface area (Å²) in [5, 5.41) is 1.38. The molecular weight excluding hydrogens is 641 g/mol. The average Bonchev–Trinajstić information content (AvgIpc) is 3.93. The molecule has 4 N–H and O–H groups in total. The molecule has 2 aromatic heterocycles. The molecule has 0 saturated carbocycles. The monoisotopic (exact) mass is 676 g/mol. The number of ketones is 2. The first-order valence-electron chi connectivity index (χ1n) is 17.3. The quantitative estimate of drug-likeness (QED) is 0.182. The van der Waals surface area contributed by atoms with E-state index in [0.717, 1.165) is 73.6 Å². The van der Waals surface area contributed by atoms with Gasteiger partial charge < -0.3 is 11.5 Å². The lowest BCUT2D eigenvalue weighted by Gasteiger charge is -2.12. The molecule has 6 heteroatoms. The minimum Gasteiger partial charge on any atom is -0.390 e. The summed E-state index contributed by atoms with van der Waals surface area (Å²) in [6.07, 6.45) is 9.42. The summed E-state index contributed by atoms with van der Waals surface area (Å²) in [6, 6.07) is 29.2. The van der Waals surface area contributed by atoms with E-state index in [0.29, 0.717) is 10.0 Å². The van der Waals surface area contributed by atoms with Crippen molar-refractivity contribution in [2.45, 2.75) is 57.8 Å². The molecule has 0 unspecified atom stereocenters. The molecule has 0 amide bonds. The number of rotatable bonds is 4. The Morgan fingerprint density at radius 2 is 0.918 bits per heavy atom. The van der Waals surface area contributed by atoms with Gasteiger partial charge in [-0.05, 0) is 126 Å². The molecule has 0 radical (unpaired) electrons. The standard InChI is InChI=1S/C22H19NOS.C21H17NOS/c23-22-20(18-7-3-4-8-19(18)25-22)21(24)14-9-10-17-15(12-14)11-13-5-1-2-6-16(13)17;22-21-19(17-6-3-7-18(17)24-21)20(23)13-8-9-16-14(11-13)10-12-4-1-2-5-15(12)16/h1-2,5-6,9-10,12H,3-4,7-8,11,23H2;1-2,4-5,8-9,11H,3,6-7,10,22H2. The van der Waals surface area contributed by atoms with E-state index >= 15 is 0 Å². The van der Waals surface area contributed by atoms with Crippen molar-refractivity contribution >= 4 is 44.2 Å². The van der Waals surface area contributed by atoms with Crippen molar-refractivity contribution in [1.82, 2.24) is 0 Å². The van der Waals surface area contributed by atoms with Gasteiger partial charge in [-0.15, -0.1) is 22.7 Å². The maximum Gasteiger partial charge on any atom is 0.196 e. The highest BCUT2D eigenvalue weighted by Gasteiger charge is 2.28. The number of aryl methyl sites for hydroxylation is 2. The fraction of sp³-hybridized carbons (Fsp3) is 0.209. The molecular formula is C43H36N2O2S2. The smallest absolute Gasteiger partial charge is 0.196 e. The molecule has 10 rings (SSSR count). The molecule has 0 bridgehead atoms. The largest absolute Gasteiger partial charge is 0.390 e. The number of nitrogens with two attached hydrogens (primary N) is 2. The van der Waals surface area contributed by atoms with Crippen LogP contribution in [-0.2, 0) is 38.5 Å². The number of benzene rings is 4. The van der Waals surface area contributed by atoms with E-state index < -0.39 is 0 Å². The van der Waals surface area contributed by atoms with Crippen molar-refractivity contribution in [3.63, 3.8) is 0 Å². The van der Waals surface area contributed by atoms with Crippen LogP contribution >= 0.6 is 22.7 Å². The molecule has 4 aromatic carbocycles. The molecule has 49 heavy (non-hydrogen) atoms. The van der Waals surface area contributed by atoms with Crippen molar-refractivity contribution in [2.24, 2.45) is 0 Å². The molecule has 4 aliphatic carbocycles. The maximum absolute atomic E-state index is 13.2. The number of fused-ring (bicyclic) bond motifs is 8. The number of thiophene rings is 2. The van der Waals surface area contributed by atoms with Crippen LogP contribution in [0.25, 0.3) is 22.3 Å². The van der Waals surface area contributed by atoms with Crippen LogP contribution in [0.4, 0.5) is 10.0 Å². The highest BCUT2D eigenvalue weighted by atomic mass is 32.1. The third-order valence-electron chi connectivity index (χ3n) is 10.7. The fourth-order valence-corrected chi connectivity index (χ4v) is 10.7. The van der Waals surface area contributed by atoms with Crippen LogP contribution in [0.5, 0.6) is 0 Å². The Morgan fingerprint density at radius 3 is 1.45 bits per heavy atom. The Bertz CT molecular complexity index is 2340. The lowest BCUT2D eigenvalue weighted by molar-refractivity contribution is 0.103. The molecule has 2 heterocycles. The van der Waals surface area contributed by atoms with Crippen LogP contribution in [0.3, 0.4) is 0 Å². The van der Waals surface area contributed by atoms with Crippen molar-refractivity contribution < 1.29 is 9.59 Å².